The van der Waals surface area contributed by atoms with E-state index in [0.717, 1.165) is 24.5 Å². The topological polar surface area (TPSA) is 36.4 Å². The first kappa shape index (κ1) is 12.8. The van der Waals surface area contributed by atoms with Gasteiger partial charge in [0.05, 0.1) is 0 Å². The van der Waals surface area contributed by atoms with Crippen LogP contribution in [0.4, 0.5) is 5.13 Å². The Kier molecular flexibility index (Phi) is 4.01. The molecular formula is C11H16ClN3OS. The summed E-state index contributed by atoms with van der Waals surface area (Å²) in [4.78, 5) is 19.9. The molecule has 4 nitrogen and oxygen atoms in total. The second-order valence-corrected chi connectivity index (χ2v) is 5.79. The smallest absolute Gasteiger partial charge is 0.187 e. The van der Waals surface area contributed by atoms with Gasteiger partial charge in [-0.25, -0.2) is 4.98 Å². The number of hydrogen-bond donors (Lipinski definition) is 0. The number of halogens is 1. The van der Waals surface area contributed by atoms with E-state index >= 15 is 0 Å². The highest BCUT2D eigenvalue weighted by Crippen LogP contribution is 2.28. The molecule has 1 aliphatic heterocycles. The minimum Gasteiger partial charge on any atom is -0.350 e. The molecule has 2 rings (SSSR count). The van der Waals surface area contributed by atoms with E-state index in [1.807, 2.05) is 7.05 Å². The zero-order valence-corrected chi connectivity index (χ0v) is 11.6. The minimum atomic E-state index is 0.312. The number of thiazole rings is 1. The molecule has 1 unspecified atom stereocenters. The number of carbonyl (C=O) groups is 1. The highest BCUT2D eigenvalue weighted by atomic mass is 35.5. The van der Waals surface area contributed by atoms with Crippen molar-refractivity contribution >= 4 is 34.4 Å². The lowest BCUT2D eigenvalue weighted by atomic mass is 10.2. The van der Waals surface area contributed by atoms with E-state index in [4.69, 9.17) is 11.6 Å². The van der Waals surface area contributed by atoms with Gasteiger partial charge in [0.2, 0.25) is 0 Å². The molecule has 0 aromatic carbocycles. The first-order valence-electron chi connectivity index (χ1n) is 5.64. The van der Waals surface area contributed by atoms with Crippen molar-refractivity contribution < 1.29 is 4.79 Å². The number of aldehydes is 1. The highest BCUT2D eigenvalue weighted by molar-refractivity contribution is 7.17. The monoisotopic (exact) mass is 273 g/mol. The van der Waals surface area contributed by atoms with Gasteiger partial charge in [-0.2, -0.15) is 0 Å². The molecule has 1 aliphatic rings. The lowest BCUT2D eigenvalue weighted by molar-refractivity contribution is 0.112. The van der Waals surface area contributed by atoms with Crippen LogP contribution < -0.4 is 4.90 Å². The molecule has 0 amide bonds. The second kappa shape index (κ2) is 5.33. The number of likely N-dealkylation sites (tertiary alicyclic amines) is 1. The predicted molar refractivity (Wildman–Crippen MR) is 71.4 cm³/mol. The minimum absolute atomic E-state index is 0.312. The van der Waals surface area contributed by atoms with Crippen LogP contribution in [-0.2, 0) is 0 Å². The Labute approximate surface area is 110 Å². The van der Waals surface area contributed by atoms with Crippen molar-refractivity contribution in [3.8, 4) is 0 Å². The zero-order chi connectivity index (χ0) is 12.4. The standard InChI is InChI=1S/C11H16ClN3OS/c1-14-5-3-4-8(14)6-15(2)11-13-10(12)9(7-16)17-11/h7-8H,3-6H2,1-2H3. The third kappa shape index (κ3) is 2.78. The Bertz CT molecular complexity index is 409. The maximum absolute atomic E-state index is 10.7. The lowest BCUT2D eigenvalue weighted by Gasteiger charge is -2.25. The number of hydrogen-bond acceptors (Lipinski definition) is 5. The molecule has 1 atom stereocenters. The molecule has 0 radical (unpaired) electrons. The third-order valence-corrected chi connectivity index (χ3v) is 4.68. The van der Waals surface area contributed by atoms with Gasteiger partial charge in [0.1, 0.15) is 4.88 Å². The molecule has 1 fully saturated rings. The van der Waals surface area contributed by atoms with E-state index in [1.54, 1.807) is 0 Å². The van der Waals surface area contributed by atoms with Gasteiger partial charge < -0.3 is 9.80 Å². The Morgan fingerprint density at radius 3 is 3.00 bits per heavy atom. The fourth-order valence-corrected chi connectivity index (χ4v) is 3.17. The molecule has 0 saturated carbocycles. The van der Waals surface area contributed by atoms with Crippen molar-refractivity contribution in [1.29, 1.82) is 0 Å². The van der Waals surface area contributed by atoms with Gasteiger partial charge in [0.25, 0.3) is 0 Å². The fraction of sp³-hybridized carbons (Fsp3) is 0.636. The van der Waals surface area contributed by atoms with Crippen molar-refractivity contribution in [2.24, 2.45) is 0 Å². The van der Waals surface area contributed by atoms with E-state index in [9.17, 15) is 4.79 Å². The van der Waals surface area contributed by atoms with Gasteiger partial charge in [0, 0.05) is 19.6 Å². The van der Waals surface area contributed by atoms with Crippen molar-refractivity contribution in [2.75, 3.05) is 32.1 Å². The molecular weight excluding hydrogens is 258 g/mol. The van der Waals surface area contributed by atoms with Gasteiger partial charge in [-0.3, -0.25) is 4.79 Å². The Balaban J connectivity index is 2.03. The summed E-state index contributed by atoms with van der Waals surface area (Å²) in [5.41, 5.74) is 0. The quantitative estimate of drug-likeness (QED) is 0.788. The molecule has 6 heteroatoms. The van der Waals surface area contributed by atoms with Gasteiger partial charge in [-0.15, -0.1) is 0 Å². The largest absolute Gasteiger partial charge is 0.350 e. The molecule has 0 spiro atoms. The molecule has 1 aromatic heterocycles. The SMILES string of the molecule is CN(CC1CCCN1C)c1nc(Cl)c(C=O)s1. The van der Waals surface area contributed by atoms with E-state index in [-0.39, 0.29) is 0 Å². The summed E-state index contributed by atoms with van der Waals surface area (Å²) in [6.45, 7) is 2.09. The van der Waals surface area contributed by atoms with Crippen LogP contribution in [0.5, 0.6) is 0 Å². The number of nitrogens with zero attached hydrogens (tertiary/aromatic N) is 3. The van der Waals surface area contributed by atoms with Crippen LogP contribution in [0.15, 0.2) is 0 Å². The van der Waals surface area contributed by atoms with Gasteiger partial charge in [0.15, 0.2) is 16.6 Å². The Morgan fingerprint density at radius 2 is 2.47 bits per heavy atom. The number of rotatable bonds is 4. The fourth-order valence-electron chi connectivity index (χ4n) is 2.14. The second-order valence-electron chi connectivity index (χ2n) is 4.43. The lowest BCUT2D eigenvalue weighted by Crippen LogP contribution is -2.36. The van der Waals surface area contributed by atoms with Crippen LogP contribution in [0.1, 0.15) is 22.5 Å². The van der Waals surface area contributed by atoms with E-state index in [0.29, 0.717) is 16.1 Å². The molecule has 17 heavy (non-hydrogen) atoms. The normalized spacial score (nSPS) is 20.8. The summed E-state index contributed by atoms with van der Waals surface area (Å²) in [7, 11) is 4.15. The molecule has 1 aromatic rings. The molecule has 1 saturated heterocycles. The maximum Gasteiger partial charge on any atom is 0.187 e. The zero-order valence-electron chi connectivity index (χ0n) is 10.0. The van der Waals surface area contributed by atoms with Crippen LogP contribution in [0.3, 0.4) is 0 Å². The van der Waals surface area contributed by atoms with Crippen molar-refractivity contribution in [3.05, 3.63) is 10.0 Å². The summed E-state index contributed by atoms with van der Waals surface area (Å²) < 4.78 is 0. The van der Waals surface area contributed by atoms with Gasteiger partial charge in [-0.1, -0.05) is 22.9 Å². The summed E-state index contributed by atoms with van der Waals surface area (Å²) in [6.07, 6.45) is 3.24. The third-order valence-electron chi connectivity index (χ3n) is 3.19. The number of likely N-dealkylation sites (N-methyl/N-ethyl adjacent to an activating group) is 2. The molecule has 2 heterocycles. The Hall–Kier alpha value is -0.650. The van der Waals surface area contributed by atoms with Crippen molar-refractivity contribution in [1.82, 2.24) is 9.88 Å². The Morgan fingerprint density at radius 1 is 1.71 bits per heavy atom. The van der Waals surface area contributed by atoms with Crippen LogP contribution in [0.2, 0.25) is 5.15 Å². The first-order chi connectivity index (χ1) is 8.11. The van der Waals surface area contributed by atoms with Crippen LogP contribution in [-0.4, -0.2) is 49.4 Å². The predicted octanol–water partition coefficient (Wildman–Crippen LogP) is 2.14. The van der Waals surface area contributed by atoms with Crippen LogP contribution >= 0.6 is 22.9 Å². The maximum atomic E-state index is 10.7. The van der Waals surface area contributed by atoms with Crippen molar-refractivity contribution in [2.45, 2.75) is 18.9 Å². The molecule has 0 aliphatic carbocycles. The summed E-state index contributed by atoms with van der Waals surface area (Å²) in [5.74, 6) is 0. The van der Waals surface area contributed by atoms with Crippen LogP contribution in [0, 0.1) is 0 Å². The highest BCUT2D eigenvalue weighted by Gasteiger charge is 2.23. The van der Waals surface area contributed by atoms with Crippen molar-refractivity contribution in [3.63, 3.8) is 0 Å². The first-order valence-corrected chi connectivity index (χ1v) is 6.84. The van der Waals surface area contributed by atoms with Gasteiger partial charge in [-0.05, 0) is 26.4 Å². The van der Waals surface area contributed by atoms with Gasteiger partial charge >= 0.3 is 0 Å². The summed E-state index contributed by atoms with van der Waals surface area (Å²) in [6, 6.07) is 0.572. The van der Waals surface area contributed by atoms with E-state index < -0.39 is 0 Å². The number of aromatic nitrogens is 1. The summed E-state index contributed by atoms with van der Waals surface area (Å²) in [5, 5.41) is 1.13. The molecule has 0 bridgehead atoms. The molecule has 0 N–H and O–H groups in total. The summed E-state index contributed by atoms with van der Waals surface area (Å²) >= 11 is 7.21. The number of carbonyl (C=O) groups excluding carboxylic acids is 1. The number of anilines is 1. The molecule has 94 valence electrons. The van der Waals surface area contributed by atoms with Crippen LogP contribution in [0.25, 0.3) is 0 Å². The average Bonchev–Trinajstić information content (AvgIpc) is 2.86. The van der Waals surface area contributed by atoms with E-state index in [1.165, 1.54) is 24.2 Å². The van der Waals surface area contributed by atoms with E-state index in [2.05, 4.69) is 21.8 Å². The average molecular weight is 274 g/mol.